The Hall–Kier alpha value is -1.32. The minimum absolute atomic E-state index is 0.166. The molecule has 0 unspecified atom stereocenters. The van der Waals surface area contributed by atoms with E-state index in [1.54, 1.807) is 0 Å². The third-order valence-electron chi connectivity index (χ3n) is 2.05. The second kappa shape index (κ2) is 3.82. The van der Waals surface area contributed by atoms with Crippen molar-refractivity contribution in [3.05, 3.63) is 11.8 Å². The van der Waals surface area contributed by atoms with Crippen LogP contribution in [0.1, 0.15) is 27.7 Å². The highest BCUT2D eigenvalue weighted by atomic mass is 16.6. The predicted molar refractivity (Wildman–Crippen MR) is 51.3 cm³/mol. The highest BCUT2D eigenvalue weighted by molar-refractivity contribution is 6.08. The van der Waals surface area contributed by atoms with Crippen molar-refractivity contribution < 1.29 is 14.3 Å². The molecule has 1 heterocycles. The van der Waals surface area contributed by atoms with Crippen LogP contribution in [0.4, 0.5) is 0 Å². The SMILES string of the molecule is CC(C)N(C1=CC(=O)OC1=O)C(C)C. The molecular weight excluding hydrogens is 182 g/mol. The van der Waals surface area contributed by atoms with Gasteiger partial charge in [-0.3, -0.25) is 0 Å². The minimum Gasteiger partial charge on any atom is -0.385 e. The van der Waals surface area contributed by atoms with E-state index in [2.05, 4.69) is 4.74 Å². The summed E-state index contributed by atoms with van der Waals surface area (Å²) in [4.78, 5) is 24.0. The normalized spacial score (nSPS) is 16.3. The molecule has 0 aromatic carbocycles. The Bertz CT molecular complexity index is 284. The van der Waals surface area contributed by atoms with E-state index in [4.69, 9.17) is 0 Å². The molecule has 0 radical (unpaired) electrons. The fraction of sp³-hybridized carbons (Fsp3) is 0.600. The lowest BCUT2D eigenvalue weighted by Gasteiger charge is -2.31. The molecule has 1 aliphatic heterocycles. The summed E-state index contributed by atoms with van der Waals surface area (Å²) in [7, 11) is 0. The number of ether oxygens (including phenoxy) is 1. The molecule has 0 N–H and O–H groups in total. The summed E-state index contributed by atoms with van der Waals surface area (Å²) in [6.07, 6.45) is 1.25. The molecule has 0 fully saturated rings. The van der Waals surface area contributed by atoms with Crippen LogP contribution >= 0.6 is 0 Å². The van der Waals surface area contributed by atoms with Crippen LogP contribution in [0.3, 0.4) is 0 Å². The van der Waals surface area contributed by atoms with E-state index in [1.165, 1.54) is 6.08 Å². The molecule has 14 heavy (non-hydrogen) atoms. The molecule has 1 rings (SSSR count). The van der Waals surface area contributed by atoms with Gasteiger partial charge in [0, 0.05) is 12.1 Å². The van der Waals surface area contributed by atoms with Gasteiger partial charge in [0.1, 0.15) is 5.70 Å². The number of hydrogen-bond donors (Lipinski definition) is 0. The van der Waals surface area contributed by atoms with Crippen LogP contribution in [-0.4, -0.2) is 28.9 Å². The van der Waals surface area contributed by atoms with E-state index in [-0.39, 0.29) is 12.1 Å². The standard InChI is InChI=1S/C10H15NO3/c1-6(2)11(7(3)4)8-5-9(12)14-10(8)13/h5-7H,1-4H3. The Kier molecular flexibility index (Phi) is 2.93. The molecule has 0 saturated carbocycles. The molecule has 0 atom stereocenters. The molecule has 0 spiro atoms. The number of carbonyl (C=O) groups excluding carboxylic acids is 2. The Morgan fingerprint density at radius 2 is 1.64 bits per heavy atom. The molecule has 0 saturated heterocycles. The molecule has 0 aliphatic carbocycles. The second-order valence-electron chi connectivity index (χ2n) is 3.83. The summed E-state index contributed by atoms with van der Waals surface area (Å²) in [5.74, 6) is -1.12. The summed E-state index contributed by atoms with van der Waals surface area (Å²) < 4.78 is 4.44. The van der Waals surface area contributed by atoms with Crippen molar-refractivity contribution in [1.82, 2.24) is 4.90 Å². The maximum Gasteiger partial charge on any atom is 0.362 e. The average Bonchev–Trinajstić information content (AvgIpc) is 2.29. The number of carbonyl (C=O) groups is 2. The zero-order valence-electron chi connectivity index (χ0n) is 8.90. The van der Waals surface area contributed by atoms with Crippen molar-refractivity contribution in [2.24, 2.45) is 0 Å². The number of rotatable bonds is 3. The van der Waals surface area contributed by atoms with E-state index in [9.17, 15) is 9.59 Å². The van der Waals surface area contributed by atoms with Gasteiger partial charge in [-0.25, -0.2) is 9.59 Å². The number of cyclic esters (lactones) is 2. The van der Waals surface area contributed by atoms with Crippen molar-refractivity contribution in [2.75, 3.05) is 0 Å². The first-order valence-electron chi connectivity index (χ1n) is 4.69. The summed E-state index contributed by atoms with van der Waals surface area (Å²) in [5, 5.41) is 0. The zero-order valence-corrected chi connectivity index (χ0v) is 8.90. The highest BCUT2D eigenvalue weighted by Gasteiger charge is 2.31. The van der Waals surface area contributed by atoms with Crippen molar-refractivity contribution in [2.45, 2.75) is 39.8 Å². The lowest BCUT2D eigenvalue weighted by molar-refractivity contribution is -0.151. The van der Waals surface area contributed by atoms with Crippen molar-refractivity contribution >= 4 is 11.9 Å². The molecule has 4 nitrogen and oxygen atoms in total. The van der Waals surface area contributed by atoms with Crippen molar-refractivity contribution in [3.63, 3.8) is 0 Å². The van der Waals surface area contributed by atoms with E-state index in [1.807, 2.05) is 32.6 Å². The fourth-order valence-electron chi connectivity index (χ4n) is 1.68. The van der Waals surface area contributed by atoms with Crippen molar-refractivity contribution in [1.29, 1.82) is 0 Å². The second-order valence-corrected chi connectivity index (χ2v) is 3.83. The largest absolute Gasteiger partial charge is 0.385 e. The number of nitrogens with zero attached hydrogens (tertiary/aromatic N) is 1. The summed E-state index contributed by atoms with van der Waals surface area (Å²) >= 11 is 0. The van der Waals surface area contributed by atoms with Crippen LogP contribution in [0.15, 0.2) is 11.8 Å². The maximum absolute atomic E-state index is 11.3. The van der Waals surface area contributed by atoms with Gasteiger partial charge >= 0.3 is 11.9 Å². The summed E-state index contributed by atoms with van der Waals surface area (Å²) in [6, 6.07) is 0.333. The molecule has 0 bridgehead atoms. The van der Waals surface area contributed by atoms with Gasteiger partial charge in [-0.1, -0.05) is 0 Å². The number of hydrogen-bond acceptors (Lipinski definition) is 4. The smallest absolute Gasteiger partial charge is 0.362 e. The van der Waals surface area contributed by atoms with Crippen molar-refractivity contribution in [3.8, 4) is 0 Å². The molecule has 0 aromatic heterocycles. The predicted octanol–water partition coefficient (Wildman–Crippen LogP) is 1.07. The quantitative estimate of drug-likeness (QED) is 0.501. The minimum atomic E-state index is -0.573. The Balaban J connectivity index is 2.94. The lowest BCUT2D eigenvalue weighted by Crippen LogP contribution is -2.38. The monoisotopic (exact) mass is 197 g/mol. The van der Waals surface area contributed by atoms with Gasteiger partial charge in [-0.2, -0.15) is 0 Å². The van der Waals surface area contributed by atoms with Gasteiger partial charge in [-0.05, 0) is 27.7 Å². The number of esters is 2. The van der Waals surface area contributed by atoms with Crippen LogP contribution in [0.2, 0.25) is 0 Å². The van der Waals surface area contributed by atoms with Crippen LogP contribution in [-0.2, 0) is 14.3 Å². The van der Waals surface area contributed by atoms with Gasteiger partial charge in [0.25, 0.3) is 0 Å². The van der Waals surface area contributed by atoms with E-state index < -0.39 is 11.9 Å². The van der Waals surface area contributed by atoms with Crippen LogP contribution in [0.25, 0.3) is 0 Å². The Morgan fingerprint density at radius 3 is 1.93 bits per heavy atom. The first-order chi connectivity index (χ1) is 6.43. The molecular formula is C10H15NO3. The van der Waals surface area contributed by atoms with Gasteiger partial charge in [-0.15, -0.1) is 0 Å². The third-order valence-corrected chi connectivity index (χ3v) is 2.05. The average molecular weight is 197 g/mol. The topological polar surface area (TPSA) is 46.6 Å². The fourth-order valence-corrected chi connectivity index (χ4v) is 1.68. The summed E-state index contributed by atoms with van der Waals surface area (Å²) in [5.41, 5.74) is 0.361. The lowest BCUT2D eigenvalue weighted by atomic mass is 10.2. The van der Waals surface area contributed by atoms with E-state index in [0.717, 1.165) is 0 Å². The van der Waals surface area contributed by atoms with Gasteiger partial charge in [0.15, 0.2) is 0 Å². The summed E-state index contributed by atoms with van der Waals surface area (Å²) in [6.45, 7) is 7.88. The Labute approximate surface area is 83.5 Å². The molecule has 0 aromatic rings. The van der Waals surface area contributed by atoms with E-state index in [0.29, 0.717) is 5.70 Å². The first-order valence-corrected chi connectivity index (χ1v) is 4.69. The van der Waals surface area contributed by atoms with E-state index >= 15 is 0 Å². The van der Waals surface area contributed by atoms with Gasteiger partial charge in [0.2, 0.25) is 0 Å². The molecule has 78 valence electrons. The first kappa shape index (κ1) is 10.8. The molecule has 1 aliphatic rings. The molecule has 0 amide bonds. The highest BCUT2D eigenvalue weighted by Crippen LogP contribution is 2.19. The van der Waals surface area contributed by atoms with Crippen LogP contribution in [0, 0.1) is 0 Å². The maximum atomic E-state index is 11.3. The van der Waals surface area contributed by atoms with Crippen LogP contribution in [0.5, 0.6) is 0 Å². The Morgan fingerprint density at radius 1 is 1.14 bits per heavy atom. The molecule has 4 heteroatoms. The van der Waals surface area contributed by atoms with Gasteiger partial charge < -0.3 is 9.64 Å². The van der Waals surface area contributed by atoms with Gasteiger partial charge in [0.05, 0.1) is 6.08 Å². The van der Waals surface area contributed by atoms with Crippen LogP contribution < -0.4 is 0 Å². The third kappa shape index (κ3) is 1.95. The zero-order chi connectivity index (χ0) is 10.9.